The highest BCUT2D eigenvalue weighted by Crippen LogP contribution is 2.21. The van der Waals surface area contributed by atoms with Crippen LogP contribution in [0.25, 0.3) is 0 Å². The normalized spacial score (nSPS) is 37.6. The molecule has 1 N–H and O–H groups in total. The van der Waals surface area contributed by atoms with Crippen molar-refractivity contribution in [2.24, 2.45) is 0 Å². The van der Waals surface area contributed by atoms with E-state index in [1.54, 1.807) is 0 Å². The third kappa shape index (κ3) is 0.883. The molecule has 3 nitrogen and oxygen atoms in total. The Bertz CT molecular complexity index is 180. The van der Waals surface area contributed by atoms with Gasteiger partial charge in [-0.3, -0.25) is 0 Å². The van der Waals surface area contributed by atoms with Gasteiger partial charge in [-0.1, -0.05) is 24.3 Å². The third-order valence-electron chi connectivity index (χ3n) is 1.76. The van der Waals surface area contributed by atoms with Crippen LogP contribution in [0.2, 0.25) is 0 Å². The SMILES string of the molecule is C1=CCC2(C=C1)COON2. The monoisotopic (exact) mass is 139 g/mol. The van der Waals surface area contributed by atoms with Gasteiger partial charge in [-0.05, 0) is 6.42 Å². The Morgan fingerprint density at radius 1 is 1.40 bits per heavy atom. The standard InChI is InChI=1S/C7H9NO2/c1-2-4-7(5-3-1)6-9-10-8-7/h1-4,8H,5-6H2. The van der Waals surface area contributed by atoms with Crippen LogP contribution in [-0.2, 0) is 9.88 Å². The number of nitrogens with one attached hydrogen (secondary N) is 1. The summed E-state index contributed by atoms with van der Waals surface area (Å²) in [5.41, 5.74) is 2.72. The van der Waals surface area contributed by atoms with Gasteiger partial charge < -0.3 is 0 Å². The number of rotatable bonds is 0. The van der Waals surface area contributed by atoms with E-state index in [1.165, 1.54) is 0 Å². The van der Waals surface area contributed by atoms with Gasteiger partial charge in [0.1, 0.15) is 6.61 Å². The van der Waals surface area contributed by atoms with Crippen LogP contribution < -0.4 is 5.48 Å². The Hall–Kier alpha value is -0.640. The summed E-state index contributed by atoms with van der Waals surface area (Å²) in [7, 11) is 0. The highest BCUT2D eigenvalue weighted by atomic mass is 17.3. The van der Waals surface area contributed by atoms with Crippen molar-refractivity contribution in [3.8, 4) is 0 Å². The maximum atomic E-state index is 4.74. The highest BCUT2D eigenvalue weighted by molar-refractivity contribution is 5.20. The van der Waals surface area contributed by atoms with Crippen molar-refractivity contribution in [2.75, 3.05) is 6.61 Å². The van der Waals surface area contributed by atoms with Crippen molar-refractivity contribution in [3.63, 3.8) is 0 Å². The molecule has 3 heteroatoms. The maximum absolute atomic E-state index is 4.74. The van der Waals surface area contributed by atoms with Gasteiger partial charge in [0.2, 0.25) is 0 Å². The predicted molar refractivity (Wildman–Crippen MR) is 35.8 cm³/mol. The van der Waals surface area contributed by atoms with E-state index in [4.69, 9.17) is 4.89 Å². The van der Waals surface area contributed by atoms with Gasteiger partial charge in [-0.15, -0.1) is 4.99 Å². The molecule has 2 aliphatic rings. The molecule has 2 rings (SSSR count). The Labute approximate surface area is 59.2 Å². The van der Waals surface area contributed by atoms with E-state index >= 15 is 0 Å². The van der Waals surface area contributed by atoms with Crippen LogP contribution in [0.1, 0.15) is 6.42 Å². The van der Waals surface area contributed by atoms with Crippen LogP contribution in [0.3, 0.4) is 0 Å². The molecule has 1 saturated heterocycles. The van der Waals surface area contributed by atoms with Crippen LogP contribution in [0.4, 0.5) is 0 Å². The number of hydroxylamine groups is 1. The van der Waals surface area contributed by atoms with Crippen LogP contribution >= 0.6 is 0 Å². The molecular weight excluding hydrogens is 130 g/mol. The topological polar surface area (TPSA) is 30.5 Å². The molecule has 0 amide bonds. The minimum Gasteiger partial charge on any atom is -0.216 e. The summed E-state index contributed by atoms with van der Waals surface area (Å²) in [6.07, 6.45) is 9.09. The molecular formula is C7H9NO2. The number of hydrogen-bond acceptors (Lipinski definition) is 3. The first-order valence-electron chi connectivity index (χ1n) is 3.31. The van der Waals surface area contributed by atoms with E-state index in [-0.39, 0.29) is 5.54 Å². The van der Waals surface area contributed by atoms with E-state index in [1.807, 2.05) is 12.2 Å². The summed E-state index contributed by atoms with van der Waals surface area (Å²) in [5.74, 6) is 0. The lowest BCUT2D eigenvalue weighted by atomic mass is 9.94. The second-order valence-corrected chi connectivity index (χ2v) is 2.60. The molecule has 1 atom stereocenters. The second-order valence-electron chi connectivity index (χ2n) is 2.60. The molecule has 0 aromatic rings. The highest BCUT2D eigenvalue weighted by Gasteiger charge is 2.33. The average molecular weight is 139 g/mol. The zero-order chi connectivity index (χ0) is 6.86. The Morgan fingerprint density at radius 3 is 3.00 bits per heavy atom. The smallest absolute Gasteiger partial charge is 0.109 e. The van der Waals surface area contributed by atoms with Gasteiger partial charge >= 0.3 is 0 Å². The molecule has 1 fully saturated rings. The van der Waals surface area contributed by atoms with E-state index in [0.717, 1.165) is 6.42 Å². The molecule has 1 unspecified atom stereocenters. The van der Waals surface area contributed by atoms with E-state index in [9.17, 15) is 0 Å². The van der Waals surface area contributed by atoms with Crippen LogP contribution in [0.15, 0.2) is 24.3 Å². The van der Waals surface area contributed by atoms with Gasteiger partial charge in [0.15, 0.2) is 0 Å². The Balaban J connectivity index is 2.15. The minimum atomic E-state index is -0.0885. The molecule has 1 aliphatic heterocycles. The molecule has 0 radical (unpaired) electrons. The molecule has 1 spiro atoms. The number of allylic oxidation sites excluding steroid dienone is 2. The molecule has 54 valence electrons. The van der Waals surface area contributed by atoms with Crippen molar-refractivity contribution in [2.45, 2.75) is 12.0 Å². The van der Waals surface area contributed by atoms with E-state index < -0.39 is 0 Å². The molecule has 0 saturated carbocycles. The van der Waals surface area contributed by atoms with Crippen LogP contribution in [0, 0.1) is 0 Å². The van der Waals surface area contributed by atoms with Crippen molar-refractivity contribution >= 4 is 0 Å². The van der Waals surface area contributed by atoms with Crippen molar-refractivity contribution in [1.29, 1.82) is 0 Å². The second kappa shape index (κ2) is 2.20. The minimum absolute atomic E-state index is 0.0885. The average Bonchev–Trinajstić information content (AvgIpc) is 2.39. The first-order valence-corrected chi connectivity index (χ1v) is 3.31. The maximum Gasteiger partial charge on any atom is 0.109 e. The van der Waals surface area contributed by atoms with Crippen molar-refractivity contribution < 1.29 is 9.88 Å². The van der Waals surface area contributed by atoms with Gasteiger partial charge in [-0.2, -0.15) is 5.48 Å². The summed E-state index contributed by atoms with van der Waals surface area (Å²) in [6, 6.07) is 0. The summed E-state index contributed by atoms with van der Waals surface area (Å²) >= 11 is 0. The quantitative estimate of drug-likeness (QED) is 0.501. The predicted octanol–water partition coefficient (Wildman–Crippen LogP) is 0.708. The van der Waals surface area contributed by atoms with Gasteiger partial charge in [0, 0.05) is 0 Å². The van der Waals surface area contributed by atoms with E-state index in [0.29, 0.717) is 6.61 Å². The zero-order valence-corrected chi connectivity index (χ0v) is 5.54. The van der Waals surface area contributed by atoms with Gasteiger partial charge in [-0.25, -0.2) is 4.89 Å². The third-order valence-corrected chi connectivity index (χ3v) is 1.76. The van der Waals surface area contributed by atoms with Gasteiger partial charge in [0.05, 0.1) is 5.54 Å². The Morgan fingerprint density at radius 2 is 2.40 bits per heavy atom. The van der Waals surface area contributed by atoms with E-state index in [2.05, 4.69) is 22.6 Å². The fourth-order valence-corrected chi connectivity index (χ4v) is 1.12. The Kier molecular flexibility index (Phi) is 1.34. The lowest BCUT2D eigenvalue weighted by molar-refractivity contribution is -0.286. The van der Waals surface area contributed by atoms with Crippen molar-refractivity contribution in [1.82, 2.24) is 5.48 Å². The van der Waals surface area contributed by atoms with Gasteiger partial charge in [0.25, 0.3) is 0 Å². The van der Waals surface area contributed by atoms with Crippen LogP contribution in [-0.4, -0.2) is 12.1 Å². The zero-order valence-electron chi connectivity index (χ0n) is 5.54. The molecule has 1 aliphatic carbocycles. The summed E-state index contributed by atoms with van der Waals surface area (Å²) < 4.78 is 0. The van der Waals surface area contributed by atoms with Crippen LogP contribution in [0.5, 0.6) is 0 Å². The first-order chi connectivity index (χ1) is 4.91. The lowest BCUT2D eigenvalue weighted by Crippen LogP contribution is -2.39. The summed E-state index contributed by atoms with van der Waals surface area (Å²) in [6.45, 7) is 0.591. The fraction of sp³-hybridized carbons (Fsp3) is 0.429. The lowest BCUT2D eigenvalue weighted by Gasteiger charge is -2.20. The van der Waals surface area contributed by atoms with Crippen molar-refractivity contribution in [3.05, 3.63) is 24.3 Å². The molecule has 10 heavy (non-hydrogen) atoms. The summed E-state index contributed by atoms with van der Waals surface area (Å²) in [4.78, 5) is 9.34. The molecule has 1 heterocycles. The molecule has 0 bridgehead atoms. The molecule has 0 aromatic carbocycles. The first kappa shape index (κ1) is 6.09. The largest absolute Gasteiger partial charge is 0.216 e. The fourth-order valence-electron chi connectivity index (χ4n) is 1.12. The molecule has 0 aromatic heterocycles. The number of hydrogen-bond donors (Lipinski definition) is 1. The summed E-state index contributed by atoms with van der Waals surface area (Å²) in [5, 5.41) is 0.